The zero-order chi connectivity index (χ0) is 39.2. The lowest BCUT2D eigenvalue weighted by Crippen LogP contribution is -2.14. The van der Waals surface area contributed by atoms with Gasteiger partial charge in [0.05, 0.1) is 11.4 Å². The highest BCUT2D eigenvalue weighted by Crippen LogP contribution is 2.50. The third-order valence-electron chi connectivity index (χ3n) is 12.3. The van der Waals surface area contributed by atoms with E-state index in [0.717, 1.165) is 94.2 Å². The Morgan fingerprint density at radius 3 is 1.53 bits per heavy atom. The van der Waals surface area contributed by atoms with Crippen molar-refractivity contribution in [2.24, 2.45) is 0 Å². The molecule has 0 atom stereocenters. The van der Waals surface area contributed by atoms with Crippen LogP contribution in [-0.4, -0.2) is 9.97 Å². The SMILES string of the molecule is CC1(C)c2ccccc2-c2ccc(-c3cc(-c4ccccc4)nc(-c4cc(-c5cccc6c5oc5ccccc56)cc(-c5cccc6c5oc5ccccc56)c4)n3)cc21. The molecule has 0 amide bonds. The maximum atomic E-state index is 6.62. The summed E-state index contributed by atoms with van der Waals surface area (Å²) in [6.45, 7) is 4.64. The van der Waals surface area contributed by atoms with E-state index in [2.05, 4.69) is 166 Å². The lowest BCUT2D eigenvalue weighted by Gasteiger charge is -2.22. The van der Waals surface area contributed by atoms with Gasteiger partial charge in [0, 0.05) is 54.8 Å². The zero-order valence-electron chi connectivity index (χ0n) is 32.5. The van der Waals surface area contributed by atoms with E-state index in [1.54, 1.807) is 0 Å². The van der Waals surface area contributed by atoms with Crippen molar-refractivity contribution >= 4 is 43.9 Å². The van der Waals surface area contributed by atoms with E-state index in [4.69, 9.17) is 18.8 Å². The summed E-state index contributed by atoms with van der Waals surface area (Å²) in [6, 6.07) is 64.1. The minimum atomic E-state index is -0.140. The molecule has 1 aliphatic rings. The Morgan fingerprint density at radius 1 is 0.356 bits per heavy atom. The summed E-state index contributed by atoms with van der Waals surface area (Å²) >= 11 is 0. The lowest BCUT2D eigenvalue weighted by molar-refractivity contribution is 0.660. The first-order valence-corrected chi connectivity index (χ1v) is 20.1. The Morgan fingerprint density at radius 2 is 0.864 bits per heavy atom. The van der Waals surface area contributed by atoms with Crippen molar-refractivity contribution in [3.63, 3.8) is 0 Å². The smallest absolute Gasteiger partial charge is 0.160 e. The molecular weight excluding hydrogens is 721 g/mol. The van der Waals surface area contributed by atoms with Gasteiger partial charge >= 0.3 is 0 Å². The molecule has 0 bridgehead atoms. The quantitative estimate of drug-likeness (QED) is 0.175. The number of hydrogen-bond acceptors (Lipinski definition) is 4. The summed E-state index contributed by atoms with van der Waals surface area (Å²) in [6.07, 6.45) is 0. The number of aromatic nitrogens is 2. The molecule has 1 aliphatic carbocycles. The molecule has 3 aromatic heterocycles. The predicted molar refractivity (Wildman–Crippen MR) is 241 cm³/mol. The number of benzene rings is 8. The monoisotopic (exact) mass is 756 g/mol. The molecule has 4 heteroatoms. The van der Waals surface area contributed by atoms with E-state index < -0.39 is 0 Å². The van der Waals surface area contributed by atoms with Gasteiger partial charge in [-0.2, -0.15) is 0 Å². The molecule has 0 unspecified atom stereocenters. The van der Waals surface area contributed by atoms with E-state index in [0.29, 0.717) is 5.82 Å². The second-order valence-corrected chi connectivity index (χ2v) is 16.1. The number of furan rings is 2. The van der Waals surface area contributed by atoms with Crippen molar-refractivity contribution in [3.05, 3.63) is 193 Å². The highest BCUT2D eigenvalue weighted by atomic mass is 16.3. The molecule has 0 aliphatic heterocycles. The fourth-order valence-electron chi connectivity index (χ4n) is 9.36. The molecule has 0 saturated carbocycles. The van der Waals surface area contributed by atoms with Crippen LogP contribution in [0.3, 0.4) is 0 Å². The summed E-state index contributed by atoms with van der Waals surface area (Å²) in [7, 11) is 0. The number of para-hydroxylation sites is 4. The molecule has 59 heavy (non-hydrogen) atoms. The minimum Gasteiger partial charge on any atom is -0.455 e. The molecule has 278 valence electrons. The maximum Gasteiger partial charge on any atom is 0.160 e. The topological polar surface area (TPSA) is 52.1 Å². The Labute approximate surface area is 341 Å². The zero-order valence-corrected chi connectivity index (χ0v) is 32.5. The van der Waals surface area contributed by atoms with Gasteiger partial charge in [-0.25, -0.2) is 9.97 Å². The van der Waals surface area contributed by atoms with Crippen LogP contribution in [0, 0.1) is 0 Å². The Kier molecular flexibility index (Phi) is 7.24. The predicted octanol–water partition coefficient (Wildman–Crippen LogP) is 14.9. The van der Waals surface area contributed by atoms with Crippen LogP contribution < -0.4 is 0 Å². The Balaban J connectivity index is 1.11. The van der Waals surface area contributed by atoms with Crippen molar-refractivity contribution in [3.8, 4) is 67.3 Å². The molecule has 8 aromatic carbocycles. The first-order valence-electron chi connectivity index (χ1n) is 20.1. The van der Waals surface area contributed by atoms with E-state index in [1.165, 1.54) is 22.3 Å². The molecule has 3 heterocycles. The van der Waals surface area contributed by atoms with E-state index in [1.807, 2.05) is 30.3 Å². The van der Waals surface area contributed by atoms with Crippen LogP contribution >= 0.6 is 0 Å². The fraction of sp³-hybridized carbons (Fsp3) is 0.0545. The van der Waals surface area contributed by atoms with Gasteiger partial charge in [0.1, 0.15) is 22.3 Å². The summed E-state index contributed by atoms with van der Waals surface area (Å²) in [5, 5.41) is 4.35. The molecule has 11 aromatic rings. The van der Waals surface area contributed by atoms with Gasteiger partial charge in [0.2, 0.25) is 0 Å². The van der Waals surface area contributed by atoms with Gasteiger partial charge in [-0.15, -0.1) is 0 Å². The number of hydrogen-bond donors (Lipinski definition) is 0. The first kappa shape index (κ1) is 33.6. The molecule has 0 fully saturated rings. The van der Waals surface area contributed by atoms with Crippen LogP contribution in [0.2, 0.25) is 0 Å². The second-order valence-electron chi connectivity index (χ2n) is 16.1. The molecular formula is C55H36N2O2. The second kappa shape index (κ2) is 12.7. The number of rotatable bonds is 5. The van der Waals surface area contributed by atoms with Gasteiger partial charge in [-0.05, 0) is 75.8 Å². The molecule has 0 N–H and O–H groups in total. The van der Waals surface area contributed by atoms with E-state index >= 15 is 0 Å². The minimum absolute atomic E-state index is 0.140. The van der Waals surface area contributed by atoms with Crippen LogP contribution in [0.5, 0.6) is 0 Å². The summed E-state index contributed by atoms with van der Waals surface area (Å²) in [5.74, 6) is 0.640. The number of fused-ring (bicyclic) bond motifs is 9. The van der Waals surface area contributed by atoms with Gasteiger partial charge in [0.25, 0.3) is 0 Å². The third-order valence-corrected chi connectivity index (χ3v) is 12.3. The van der Waals surface area contributed by atoms with Crippen molar-refractivity contribution in [2.45, 2.75) is 19.3 Å². The van der Waals surface area contributed by atoms with Gasteiger partial charge in [-0.1, -0.05) is 153 Å². The highest BCUT2D eigenvalue weighted by Gasteiger charge is 2.35. The molecule has 4 nitrogen and oxygen atoms in total. The maximum absolute atomic E-state index is 6.62. The van der Waals surface area contributed by atoms with Crippen LogP contribution in [-0.2, 0) is 5.41 Å². The van der Waals surface area contributed by atoms with Crippen molar-refractivity contribution < 1.29 is 8.83 Å². The third kappa shape index (κ3) is 5.23. The van der Waals surface area contributed by atoms with Gasteiger partial charge in [-0.3, -0.25) is 0 Å². The Hall–Kier alpha value is -7.56. The highest BCUT2D eigenvalue weighted by molar-refractivity contribution is 6.11. The van der Waals surface area contributed by atoms with Crippen LogP contribution in [0.25, 0.3) is 111 Å². The van der Waals surface area contributed by atoms with Crippen molar-refractivity contribution in [1.82, 2.24) is 9.97 Å². The average molecular weight is 757 g/mol. The molecule has 0 radical (unpaired) electrons. The van der Waals surface area contributed by atoms with Crippen molar-refractivity contribution in [1.29, 1.82) is 0 Å². The van der Waals surface area contributed by atoms with Crippen LogP contribution in [0.15, 0.2) is 191 Å². The fourth-order valence-corrected chi connectivity index (χ4v) is 9.36. The molecule has 12 rings (SSSR count). The summed E-state index contributed by atoms with van der Waals surface area (Å²) in [4.78, 5) is 10.8. The van der Waals surface area contributed by atoms with Crippen molar-refractivity contribution in [2.75, 3.05) is 0 Å². The standard InChI is InChI=1S/C55H36N2O2/c1-55(2)46-23-9-6-16-40(46)41-27-26-34(31-47(41)55)49-32-48(33-14-4-3-5-15-33)56-54(57-49)37-29-35(38-19-12-21-44-42-17-7-10-24-50(42)58-52(38)44)28-36(30-37)39-20-13-22-45-43-18-8-11-25-51(43)59-53(39)45/h3-32H,1-2H3. The first-order chi connectivity index (χ1) is 29.0. The van der Waals surface area contributed by atoms with E-state index in [9.17, 15) is 0 Å². The largest absolute Gasteiger partial charge is 0.455 e. The van der Waals surface area contributed by atoms with Crippen LogP contribution in [0.4, 0.5) is 0 Å². The Bertz CT molecular complexity index is 3350. The molecule has 0 saturated heterocycles. The van der Waals surface area contributed by atoms with Gasteiger partial charge in [0.15, 0.2) is 5.82 Å². The lowest BCUT2D eigenvalue weighted by atomic mass is 9.82. The van der Waals surface area contributed by atoms with Crippen LogP contribution in [0.1, 0.15) is 25.0 Å². The summed E-state index contributed by atoms with van der Waals surface area (Å²) in [5.41, 5.74) is 17.2. The summed E-state index contributed by atoms with van der Waals surface area (Å²) < 4.78 is 13.2. The molecule has 0 spiro atoms. The van der Waals surface area contributed by atoms with E-state index in [-0.39, 0.29) is 5.41 Å². The normalized spacial score (nSPS) is 13.1. The van der Waals surface area contributed by atoms with Gasteiger partial charge < -0.3 is 8.83 Å². The number of nitrogens with zero attached hydrogens (tertiary/aromatic N) is 2. The average Bonchev–Trinajstić information content (AvgIpc) is 3.94.